The van der Waals surface area contributed by atoms with Gasteiger partial charge in [-0.2, -0.15) is 0 Å². The summed E-state index contributed by atoms with van der Waals surface area (Å²) in [6.45, 7) is 0. The number of aliphatic carboxylic acids is 1. The summed E-state index contributed by atoms with van der Waals surface area (Å²) < 4.78 is 5.02. The Labute approximate surface area is 68.8 Å². The molecular weight excluding hydrogens is 172 g/mol. The van der Waals surface area contributed by atoms with Gasteiger partial charge in [-0.05, 0) is 12.2 Å². The van der Waals surface area contributed by atoms with E-state index in [9.17, 15) is 4.79 Å². The van der Waals surface area contributed by atoms with Crippen molar-refractivity contribution in [2.24, 2.45) is 0 Å². The second-order valence-corrected chi connectivity index (χ2v) is 3.14. The first-order valence-electron chi connectivity index (χ1n) is 2.59. The number of ether oxygens (including phenoxy) is 1. The maximum Gasteiger partial charge on any atom is 0.304 e. The predicted molar refractivity (Wildman–Crippen MR) is 44.3 cm³/mol. The Hall–Kier alpha value is -0.290. The zero-order chi connectivity index (χ0) is 7.98. The summed E-state index contributed by atoms with van der Waals surface area (Å²) in [5.41, 5.74) is 0. The van der Waals surface area contributed by atoms with E-state index in [0.717, 1.165) is 0 Å². The Kier molecular flexibility index (Phi) is 5.33. The lowest BCUT2D eigenvalue weighted by Gasteiger charge is -1.97. The number of thioether (sulfide) groups is 1. The summed E-state index contributed by atoms with van der Waals surface area (Å²) in [6.07, 6.45) is 0.119. The fourth-order valence-corrected chi connectivity index (χ4v) is 1.09. The van der Waals surface area contributed by atoms with Crippen molar-refractivity contribution in [3.05, 3.63) is 0 Å². The lowest BCUT2D eigenvalue weighted by Crippen LogP contribution is -1.99. The first-order chi connectivity index (χ1) is 4.66. The number of carbonyl (C=O) groups is 1. The Bertz CT molecular complexity index is 135. The Balaban J connectivity index is 3.20. The molecule has 0 unspecified atom stereocenters. The lowest BCUT2D eigenvalue weighted by molar-refractivity contribution is -0.136. The van der Waals surface area contributed by atoms with Crippen LogP contribution < -0.4 is 0 Å². The van der Waals surface area contributed by atoms with E-state index in [1.807, 2.05) is 0 Å². The van der Waals surface area contributed by atoms with Crippen LogP contribution in [0.25, 0.3) is 0 Å². The zero-order valence-corrected chi connectivity index (χ0v) is 7.13. The molecule has 0 aliphatic rings. The number of hydrogen-bond donors (Lipinski definition) is 1. The largest absolute Gasteiger partial charge is 0.482 e. The van der Waals surface area contributed by atoms with Gasteiger partial charge in [0.2, 0.25) is 4.38 Å². The normalized spacial score (nSPS) is 8.90. The van der Waals surface area contributed by atoms with E-state index in [2.05, 4.69) is 17.0 Å². The molecule has 0 radical (unpaired) electrons. The van der Waals surface area contributed by atoms with Crippen LogP contribution in [0.4, 0.5) is 0 Å². The lowest BCUT2D eigenvalue weighted by atomic mass is 10.5. The molecule has 0 aromatic carbocycles. The Morgan fingerprint density at radius 3 is 2.80 bits per heavy atom. The van der Waals surface area contributed by atoms with E-state index in [4.69, 9.17) is 5.11 Å². The van der Waals surface area contributed by atoms with Gasteiger partial charge < -0.3 is 9.84 Å². The molecule has 0 aliphatic carbocycles. The molecule has 0 aliphatic heterocycles. The van der Waals surface area contributed by atoms with Crippen molar-refractivity contribution in [1.82, 2.24) is 0 Å². The second kappa shape index (κ2) is 5.49. The van der Waals surface area contributed by atoms with Crippen LogP contribution in [-0.2, 0) is 9.53 Å². The zero-order valence-electron chi connectivity index (χ0n) is 5.49. The minimum Gasteiger partial charge on any atom is -0.482 e. The molecule has 0 rings (SSSR count). The van der Waals surface area contributed by atoms with Crippen LogP contribution in [0.15, 0.2) is 0 Å². The first kappa shape index (κ1) is 9.71. The Morgan fingerprint density at radius 1 is 1.80 bits per heavy atom. The van der Waals surface area contributed by atoms with Crippen molar-refractivity contribution in [2.75, 3.05) is 12.9 Å². The molecule has 0 saturated carbocycles. The van der Waals surface area contributed by atoms with Gasteiger partial charge in [0, 0.05) is 5.75 Å². The van der Waals surface area contributed by atoms with Crippen LogP contribution in [0.3, 0.4) is 0 Å². The van der Waals surface area contributed by atoms with Gasteiger partial charge in [-0.1, -0.05) is 11.8 Å². The van der Waals surface area contributed by atoms with Gasteiger partial charge >= 0.3 is 5.97 Å². The van der Waals surface area contributed by atoms with Crippen LogP contribution in [0, 0.1) is 0 Å². The molecule has 10 heavy (non-hydrogen) atoms. The third-order valence-electron chi connectivity index (χ3n) is 0.703. The predicted octanol–water partition coefficient (Wildman–Crippen LogP) is 1.13. The molecule has 58 valence electrons. The maximum atomic E-state index is 9.97. The molecule has 0 saturated heterocycles. The van der Waals surface area contributed by atoms with Crippen molar-refractivity contribution in [3.63, 3.8) is 0 Å². The third kappa shape index (κ3) is 5.84. The summed E-state index contributed by atoms with van der Waals surface area (Å²) in [4.78, 5) is 9.97. The van der Waals surface area contributed by atoms with Crippen molar-refractivity contribution >= 4 is 34.3 Å². The highest BCUT2D eigenvalue weighted by Crippen LogP contribution is 2.05. The average Bonchev–Trinajstić information content (AvgIpc) is 1.87. The number of rotatable bonds is 3. The molecule has 0 aromatic heterocycles. The van der Waals surface area contributed by atoms with Crippen LogP contribution in [0.1, 0.15) is 6.42 Å². The fraction of sp³-hybridized carbons (Fsp3) is 0.600. The molecule has 0 spiro atoms. The van der Waals surface area contributed by atoms with Crippen LogP contribution in [0.2, 0.25) is 0 Å². The molecule has 0 fully saturated rings. The molecule has 0 atom stereocenters. The highest BCUT2D eigenvalue weighted by atomic mass is 32.2. The van der Waals surface area contributed by atoms with Crippen molar-refractivity contribution in [1.29, 1.82) is 0 Å². The van der Waals surface area contributed by atoms with E-state index in [-0.39, 0.29) is 6.42 Å². The number of carboxylic acid groups (broad SMARTS) is 1. The third-order valence-corrected chi connectivity index (χ3v) is 2.03. The minimum absolute atomic E-state index is 0.119. The van der Waals surface area contributed by atoms with Gasteiger partial charge in [0.1, 0.15) is 0 Å². The number of carboxylic acids is 1. The summed E-state index contributed by atoms with van der Waals surface area (Å²) in [5.74, 6) is -0.339. The highest BCUT2D eigenvalue weighted by molar-refractivity contribution is 8.22. The average molecular weight is 180 g/mol. The van der Waals surface area contributed by atoms with E-state index < -0.39 is 5.97 Å². The number of hydrogen-bond acceptors (Lipinski definition) is 4. The monoisotopic (exact) mass is 180 g/mol. The van der Waals surface area contributed by atoms with E-state index in [1.165, 1.54) is 18.9 Å². The Morgan fingerprint density at radius 2 is 2.40 bits per heavy atom. The van der Waals surface area contributed by atoms with Gasteiger partial charge in [-0.3, -0.25) is 4.79 Å². The molecule has 5 heteroatoms. The molecular formula is C5H8O3S2. The quantitative estimate of drug-likeness (QED) is 0.659. The summed E-state index contributed by atoms with van der Waals surface area (Å²) in [5, 5.41) is 8.20. The van der Waals surface area contributed by atoms with Crippen LogP contribution in [0.5, 0.6) is 0 Å². The van der Waals surface area contributed by atoms with Gasteiger partial charge in [0.15, 0.2) is 0 Å². The van der Waals surface area contributed by atoms with Gasteiger partial charge in [-0.25, -0.2) is 0 Å². The summed E-state index contributed by atoms with van der Waals surface area (Å²) >= 11 is 5.89. The highest BCUT2D eigenvalue weighted by Gasteiger charge is 1.99. The minimum atomic E-state index is -0.814. The molecule has 0 aromatic rings. The first-order valence-corrected chi connectivity index (χ1v) is 3.98. The molecule has 1 N–H and O–H groups in total. The van der Waals surface area contributed by atoms with Crippen molar-refractivity contribution < 1.29 is 14.6 Å². The SMILES string of the molecule is COC(=S)SCCC(=O)O. The van der Waals surface area contributed by atoms with Gasteiger partial charge in [0.25, 0.3) is 0 Å². The van der Waals surface area contributed by atoms with E-state index in [0.29, 0.717) is 10.1 Å². The molecule has 3 nitrogen and oxygen atoms in total. The van der Waals surface area contributed by atoms with Crippen LogP contribution >= 0.6 is 24.0 Å². The smallest absolute Gasteiger partial charge is 0.304 e. The standard InChI is InChI=1S/C5H8O3S2/c1-8-5(9)10-3-2-4(6)7/h2-3H2,1H3,(H,6,7). The van der Waals surface area contributed by atoms with Gasteiger partial charge in [-0.15, -0.1) is 0 Å². The van der Waals surface area contributed by atoms with Gasteiger partial charge in [0.05, 0.1) is 13.5 Å². The molecule has 0 amide bonds. The summed E-state index contributed by atoms with van der Waals surface area (Å²) in [6, 6.07) is 0. The van der Waals surface area contributed by atoms with Crippen molar-refractivity contribution in [2.45, 2.75) is 6.42 Å². The second-order valence-electron chi connectivity index (χ2n) is 1.45. The molecule has 0 heterocycles. The maximum absolute atomic E-state index is 9.97. The number of methoxy groups -OCH3 is 1. The fourth-order valence-electron chi connectivity index (χ4n) is 0.281. The van der Waals surface area contributed by atoms with Crippen LogP contribution in [-0.4, -0.2) is 28.3 Å². The van der Waals surface area contributed by atoms with Crippen molar-refractivity contribution in [3.8, 4) is 0 Å². The number of thiocarbonyl (C=S) groups is 1. The van der Waals surface area contributed by atoms with E-state index in [1.54, 1.807) is 0 Å². The van der Waals surface area contributed by atoms with E-state index >= 15 is 0 Å². The topological polar surface area (TPSA) is 46.5 Å². The summed E-state index contributed by atoms with van der Waals surface area (Å²) in [7, 11) is 1.47. The molecule has 0 bridgehead atoms.